The molecule has 2 atom stereocenters. The van der Waals surface area contributed by atoms with Crippen LogP contribution in [-0.2, 0) is 28.1 Å². The molecule has 0 radical (unpaired) electrons. The molecule has 0 amide bonds. The second-order valence-electron chi connectivity index (χ2n) is 28.3. The van der Waals surface area contributed by atoms with Crippen LogP contribution in [0.3, 0.4) is 0 Å². The van der Waals surface area contributed by atoms with Gasteiger partial charge in [-0.1, -0.05) is 276 Å². The molecule has 2 unspecified atom stereocenters. The van der Waals surface area contributed by atoms with Crippen LogP contribution in [0.2, 0.25) is 0 Å². The molecule has 4 aliphatic heterocycles. The van der Waals surface area contributed by atoms with Crippen molar-refractivity contribution in [1.29, 1.82) is 0 Å². The second kappa shape index (κ2) is 18.7. The lowest BCUT2D eigenvalue weighted by atomic mass is 9.39. The van der Waals surface area contributed by atoms with Gasteiger partial charge >= 0.3 is 13.7 Å². The first kappa shape index (κ1) is 53.4. The number of anilines is 4. The van der Waals surface area contributed by atoms with Gasteiger partial charge in [0, 0.05) is 55.5 Å². The molecule has 0 spiro atoms. The van der Waals surface area contributed by atoms with E-state index in [1.807, 2.05) is 0 Å². The fourth-order valence-corrected chi connectivity index (χ4v) is 18.9. The average Bonchev–Trinajstić information content (AvgIpc) is 1.42. The summed E-state index contributed by atoms with van der Waals surface area (Å²) in [6.07, 6.45) is 0.772. The van der Waals surface area contributed by atoms with E-state index in [0.717, 1.165) is 6.42 Å². The number of hydrogen-bond donors (Lipinski definition) is 0. The Bertz CT molecular complexity index is 5090. The summed E-state index contributed by atoms with van der Waals surface area (Å²) in [5, 5.41) is 0. The fraction of sp³-hybridized carbons (Fsp3) is 0.163. The van der Waals surface area contributed by atoms with Gasteiger partial charge in [0.15, 0.2) is 0 Å². The molecule has 90 heavy (non-hydrogen) atoms. The summed E-state index contributed by atoms with van der Waals surface area (Å²) in [5.41, 5.74) is 40.2. The first-order chi connectivity index (χ1) is 43.7. The van der Waals surface area contributed by atoms with Crippen LogP contribution in [0.4, 0.5) is 22.7 Å². The standard InChI is InChI=1S/C86H70B2N2/c1-52-45-53(2)79-70(46-52)84(6,7)71-50-55(47-54(3)80(71)89(79)87-73-41-22-20-38-67(73)85(8)65-36-18-16-31-60(65)62-34-25-43-75(87)77(62)85)48-56-49-64(58-29-14-11-15-30-58)82-72(51-56)83(4,5)69-40-24-33-59(57-27-12-10-13-28-57)81(69)90(82)88-74-42-23-21-39-68(74)86(9)66-37-19-17-32-61(66)63-35-26-44-76(88)78(63)86/h10-47,49-51H,48H2,1-9H3. The minimum Gasteiger partial charge on any atom is -0.376 e. The Morgan fingerprint density at radius 2 is 0.667 bits per heavy atom. The molecular weight excluding hydrogens is 1080 g/mol. The Kier molecular flexibility index (Phi) is 11.1. The molecule has 4 heterocycles. The Morgan fingerprint density at radius 1 is 0.289 bits per heavy atom. The highest BCUT2D eigenvalue weighted by Gasteiger charge is 2.56. The molecule has 430 valence electrons. The van der Waals surface area contributed by atoms with Crippen LogP contribution in [0, 0.1) is 20.8 Å². The highest BCUT2D eigenvalue weighted by atomic mass is 15.1. The Labute approximate surface area is 531 Å². The summed E-state index contributed by atoms with van der Waals surface area (Å²) in [5.74, 6) is 0. The topological polar surface area (TPSA) is 6.48 Å². The van der Waals surface area contributed by atoms with Crippen molar-refractivity contribution in [2.75, 3.05) is 9.62 Å². The molecule has 2 nitrogen and oxygen atoms in total. The van der Waals surface area contributed by atoms with Crippen LogP contribution < -0.4 is 31.5 Å². The lowest BCUT2D eigenvalue weighted by Crippen LogP contribution is -2.63. The van der Waals surface area contributed by atoms with E-state index in [2.05, 4.69) is 321 Å². The Morgan fingerprint density at radius 3 is 1.23 bits per heavy atom. The van der Waals surface area contributed by atoms with Crippen LogP contribution in [0.25, 0.3) is 44.5 Å². The van der Waals surface area contributed by atoms with Gasteiger partial charge in [0.1, 0.15) is 0 Å². The predicted octanol–water partition coefficient (Wildman–Crippen LogP) is 18.0. The lowest BCUT2D eigenvalue weighted by Gasteiger charge is -2.50. The molecule has 6 aliphatic rings. The van der Waals surface area contributed by atoms with Gasteiger partial charge in [-0.05, 0) is 180 Å². The molecule has 0 N–H and O–H groups in total. The number of hydrogen-bond acceptors (Lipinski definition) is 2. The summed E-state index contributed by atoms with van der Waals surface area (Å²) in [6, 6.07) is 96.4. The van der Waals surface area contributed by atoms with Crippen molar-refractivity contribution >= 4 is 58.3 Å². The van der Waals surface area contributed by atoms with Gasteiger partial charge in [0.2, 0.25) is 0 Å². The zero-order chi connectivity index (χ0) is 60.9. The Hall–Kier alpha value is -9.63. The number of benzene rings is 12. The van der Waals surface area contributed by atoms with Crippen molar-refractivity contribution in [2.45, 2.75) is 90.4 Å². The van der Waals surface area contributed by atoms with Crippen LogP contribution in [-0.4, -0.2) is 13.7 Å². The quantitative estimate of drug-likeness (QED) is 0.153. The molecule has 0 aromatic heterocycles. The summed E-state index contributed by atoms with van der Waals surface area (Å²) < 4.78 is 0. The summed E-state index contributed by atoms with van der Waals surface area (Å²) in [4.78, 5) is 5.63. The van der Waals surface area contributed by atoms with Gasteiger partial charge in [-0.2, -0.15) is 0 Å². The van der Waals surface area contributed by atoms with E-state index in [9.17, 15) is 0 Å². The monoisotopic (exact) mass is 1150 g/mol. The van der Waals surface area contributed by atoms with E-state index in [0.29, 0.717) is 0 Å². The zero-order valence-electron chi connectivity index (χ0n) is 52.9. The van der Waals surface area contributed by atoms with Gasteiger partial charge in [-0.25, -0.2) is 0 Å². The maximum Gasteiger partial charge on any atom is 0.328 e. The second-order valence-corrected chi connectivity index (χ2v) is 28.3. The van der Waals surface area contributed by atoms with Crippen LogP contribution in [0.1, 0.15) is 125 Å². The van der Waals surface area contributed by atoms with Gasteiger partial charge in [-0.3, -0.25) is 0 Å². The maximum absolute atomic E-state index is 2.83. The fourth-order valence-electron chi connectivity index (χ4n) is 18.9. The third-order valence-electron chi connectivity index (χ3n) is 22.6. The Balaban J connectivity index is 0.859. The van der Waals surface area contributed by atoms with Crippen molar-refractivity contribution < 1.29 is 0 Å². The molecular formula is C86H70B2N2. The van der Waals surface area contributed by atoms with Gasteiger partial charge in [0.05, 0.1) is 0 Å². The summed E-state index contributed by atoms with van der Waals surface area (Å²) >= 11 is 0. The van der Waals surface area contributed by atoms with Gasteiger partial charge in [-0.15, -0.1) is 0 Å². The minimum absolute atomic E-state index is 0.0558. The van der Waals surface area contributed by atoms with Crippen molar-refractivity contribution in [2.24, 2.45) is 0 Å². The van der Waals surface area contributed by atoms with Crippen LogP contribution in [0.5, 0.6) is 0 Å². The van der Waals surface area contributed by atoms with Crippen molar-refractivity contribution in [3.8, 4) is 44.5 Å². The van der Waals surface area contributed by atoms with Crippen molar-refractivity contribution in [3.63, 3.8) is 0 Å². The van der Waals surface area contributed by atoms with E-state index < -0.39 is 5.41 Å². The van der Waals surface area contributed by atoms with E-state index in [1.165, 1.54) is 173 Å². The molecule has 0 bridgehead atoms. The minimum atomic E-state index is -0.401. The van der Waals surface area contributed by atoms with Gasteiger partial charge in [0.25, 0.3) is 0 Å². The number of rotatable bonds is 6. The molecule has 4 heteroatoms. The number of para-hydroxylation sites is 1. The zero-order valence-corrected chi connectivity index (χ0v) is 52.9. The molecule has 12 aromatic carbocycles. The summed E-state index contributed by atoms with van der Waals surface area (Å²) in [7, 11) is 0. The van der Waals surface area contributed by atoms with E-state index >= 15 is 0 Å². The molecule has 0 saturated heterocycles. The number of nitrogens with zero attached hydrogens (tertiary/aromatic N) is 2. The third kappa shape index (κ3) is 6.92. The average molecular weight is 1150 g/mol. The highest BCUT2D eigenvalue weighted by Crippen LogP contribution is 2.60. The molecule has 0 saturated carbocycles. The molecule has 0 fully saturated rings. The van der Waals surface area contributed by atoms with Crippen molar-refractivity contribution in [1.82, 2.24) is 0 Å². The van der Waals surface area contributed by atoms with E-state index in [4.69, 9.17) is 0 Å². The molecule has 18 rings (SSSR count). The van der Waals surface area contributed by atoms with Crippen LogP contribution >= 0.6 is 0 Å². The SMILES string of the molecule is Cc1cc(C)c2c(c1)C(C)(C)c1cc(Cc3cc(-c4ccccc4)c4c(c3)C(C)(C)c3cccc(-c5ccccc5)c3N4B3c4ccccc4C4(C)c5ccccc5-c5cccc3c54)cc(C)c1N2B1c2ccccc2C2(C)c3ccccc3-c3cccc1c32. The van der Waals surface area contributed by atoms with E-state index in [1.54, 1.807) is 0 Å². The first-order valence-electron chi connectivity index (χ1n) is 32.6. The first-order valence-corrected chi connectivity index (χ1v) is 32.6. The summed E-state index contributed by atoms with van der Waals surface area (Å²) in [6.45, 7) is 21.8. The normalized spacial score (nSPS) is 18.3. The number of aryl methyl sites for hydroxylation is 3. The molecule has 12 aromatic rings. The highest BCUT2D eigenvalue weighted by molar-refractivity contribution is 6.91. The maximum atomic E-state index is 2.83. The predicted molar refractivity (Wildman–Crippen MR) is 380 cm³/mol. The molecule has 2 aliphatic carbocycles. The van der Waals surface area contributed by atoms with Crippen LogP contribution in [0.15, 0.2) is 249 Å². The van der Waals surface area contributed by atoms with Crippen molar-refractivity contribution in [3.05, 3.63) is 332 Å². The lowest BCUT2D eigenvalue weighted by molar-refractivity contribution is 0.629. The smallest absolute Gasteiger partial charge is 0.328 e. The largest absolute Gasteiger partial charge is 0.376 e. The van der Waals surface area contributed by atoms with E-state index in [-0.39, 0.29) is 29.9 Å². The third-order valence-corrected chi connectivity index (χ3v) is 22.6. The number of fused-ring (bicyclic) bond motifs is 14. The van der Waals surface area contributed by atoms with Gasteiger partial charge < -0.3 is 9.62 Å².